The summed E-state index contributed by atoms with van der Waals surface area (Å²) >= 11 is 0. The molecule has 0 aromatic rings. The Morgan fingerprint density at radius 1 is 1.56 bits per heavy atom. The van der Waals surface area contributed by atoms with E-state index < -0.39 is 0 Å². The van der Waals surface area contributed by atoms with E-state index in [1.54, 1.807) is 0 Å². The molecule has 0 aliphatic carbocycles. The Morgan fingerprint density at radius 3 is 2.94 bits per heavy atom. The van der Waals surface area contributed by atoms with Gasteiger partial charge in [0.25, 0.3) is 0 Å². The number of hydrogen-bond donors (Lipinski definition) is 2. The Bertz CT molecular complexity index is 218. The van der Waals surface area contributed by atoms with Crippen LogP contribution in [0.5, 0.6) is 0 Å². The molecule has 1 aliphatic heterocycles. The summed E-state index contributed by atoms with van der Waals surface area (Å²) in [5.41, 5.74) is 0. The number of unbranched alkanes of at least 4 members (excludes halogenated alkanes) is 1. The highest BCUT2D eigenvalue weighted by Gasteiger charge is 2.25. The van der Waals surface area contributed by atoms with Crippen LogP contribution < -0.4 is 10.6 Å². The quantitative estimate of drug-likeness (QED) is 0.753. The molecule has 0 spiro atoms. The molecule has 1 saturated heterocycles. The van der Waals surface area contributed by atoms with Crippen LogP contribution in [0.3, 0.4) is 0 Å². The third-order valence-electron chi connectivity index (χ3n) is 3.37. The topological polar surface area (TPSA) is 41.1 Å². The normalized spacial score (nSPS) is 27.4. The summed E-state index contributed by atoms with van der Waals surface area (Å²) in [5.74, 6) is 0.484. The molecule has 16 heavy (non-hydrogen) atoms. The zero-order valence-corrected chi connectivity index (χ0v) is 10.9. The molecule has 94 valence electrons. The van der Waals surface area contributed by atoms with Gasteiger partial charge in [-0.1, -0.05) is 19.8 Å². The lowest BCUT2D eigenvalue weighted by Crippen LogP contribution is -2.44. The first-order chi connectivity index (χ1) is 7.63. The Balaban J connectivity index is 2.27. The number of piperidine rings is 1. The predicted molar refractivity (Wildman–Crippen MR) is 67.3 cm³/mol. The number of nitrogens with one attached hydrogen (secondary N) is 2. The number of amides is 1. The van der Waals surface area contributed by atoms with Crippen LogP contribution in [-0.4, -0.2) is 24.5 Å². The second kappa shape index (κ2) is 6.89. The molecule has 0 aromatic heterocycles. The van der Waals surface area contributed by atoms with Crippen molar-refractivity contribution >= 4 is 5.91 Å². The molecule has 1 heterocycles. The molecule has 2 N–H and O–H groups in total. The van der Waals surface area contributed by atoms with E-state index in [-0.39, 0.29) is 11.8 Å². The van der Waals surface area contributed by atoms with Gasteiger partial charge in [-0.15, -0.1) is 0 Å². The molecule has 1 fully saturated rings. The SMILES string of the molecule is CCCCC(C)NC(=O)C1CCNC(C)C1. The monoisotopic (exact) mass is 226 g/mol. The van der Waals surface area contributed by atoms with Crippen LogP contribution in [0.15, 0.2) is 0 Å². The van der Waals surface area contributed by atoms with Crippen molar-refractivity contribution < 1.29 is 4.79 Å². The average molecular weight is 226 g/mol. The first-order valence-corrected chi connectivity index (χ1v) is 6.67. The average Bonchev–Trinajstić information content (AvgIpc) is 2.26. The van der Waals surface area contributed by atoms with E-state index >= 15 is 0 Å². The molecule has 1 rings (SSSR count). The van der Waals surface area contributed by atoms with Gasteiger partial charge in [-0.25, -0.2) is 0 Å². The van der Waals surface area contributed by atoms with E-state index in [0.29, 0.717) is 12.1 Å². The van der Waals surface area contributed by atoms with Gasteiger partial charge in [0.1, 0.15) is 0 Å². The summed E-state index contributed by atoms with van der Waals surface area (Å²) in [6.45, 7) is 7.42. The van der Waals surface area contributed by atoms with Crippen molar-refractivity contribution in [3.05, 3.63) is 0 Å². The summed E-state index contributed by atoms with van der Waals surface area (Å²) in [6, 6.07) is 0.813. The Labute approximate surface area is 99.4 Å². The Kier molecular flexibility index (Phi) is 5.81. The molecule has 0 aromatic carbocycles. The first kappa shape index (κ1) is 13.5. The minimum atomic E-state index is 0.223. The van der Waals surface area contributed by atoms with Crippen LogP contribution in [-0.2, 0) is 4.79 Å². The van der Waals surface area contributed by atoms with Crippen LogP contribution in [0.25, 0.3) is 0 Å². The minimum Gasteiger partial charge on any atom is -0.353 e. The van der Waals surface area contributed by atoms with Crippen molar-refractivity contribution in [2.75, 3.05) is 6.54 Å². The second-order valence-electron chi connectivity index (χ2n) is 5.13. The fourth-order valence-corrected chi connectivity index (χ4v) is 2.31. The summed E-state index contributed by atoms with van der Waals surface area (Å²) in [4.78, 5) is 12.0. The van der Waals surface area contributed by atoms with Gasteiger partial charge < -0.3 is 10.6 Å². The number of carbonyl (C=O) groups excluding carboxylic acids is 1. The zero-order chi connectivity index (χ0) is 12.0. The van der Waals surface area contributed by atoms with E-state index in [2.05, 4.69) is 31.4 Å². The summed E-state index contributed by atoms with van der Waals surface area (Å²) in [7, 11) is 0. The highest BCUT2D eigenvalue weighted by atomic mass is 16.1. The van der Waals surface area contributed by atoms with Gasteiger partial charge in [-0.2, -0.15) is 0 Å². The van der Waals surface area contributed by atoms with Gasteiger partial charge in [0.15, 0.2) is 0 Å². The predicted octanol–water partition coefficient (Wildman–Crippen LogP) is 2.07. The van der Waals surface area contributed by atoms with Gasteiger partial charge in [-0.3, -0.25) is 4.79 Å². The molecule has 3 heteroatoms. The van der Waals surface area contributed by atoms with Crippen LogP contribution in [0, 0.1) is 5.92 Å². The van der Waals surface area contributed by atoms with Crippen LogP contribution >= 0.6 is 0 Å². The minimum absolute atomic E-state index is 0.223. The molecule has 3 unspecified atom stereocenters. The summed E-state index contributed by atoms with van der Waals surface area (Å²) in [6.07, 6.45) is 5.46. The fourth-order valence-electron chi connectivity index (χ4n) is 2.31. The number of rotatable bonds is 5. The van der Waals surface area contributed by atoms with E-state index in [4.69, 9.17) is 0 Å². The lowest BCUT2D eigenvalue weighted by molar-refractivity contribution is -0.126. The van der Waals surface area contributed by atoms with Crippen molar-refractivity contribution in [2.24, 2.45) is 5.92 Å². The maximum absolute atomic E-state index is 12.0. The lowest BCUT2D eigenvalue weighted by atomic mass is 9.92. The highest BCUT2D eigenvalue weighted by Crippen LogP contribution is 2.16. The molecular weight excluding hydrogens is 200 g/mol. The molecule has 1 amide bonds. The van der Waals surface area contributed by atoms with E-state index in [0.717, 1.165) is 25.8 Å². The maximum atomic E-state index is 12.0. The fraction of sp³-hybridized carbons (Fsp3) is 0.923. The molecule has 0 saturated carbocycles. The van der Waals surface area contributed by atoms with Crippen molar-refractivity contribution in [3.63, 3.8) is 0 Å². The van der Waals surface area contributed by atoms with Crippen LogP contribution in [0.2, 0.25) is 0 Å². The van der Waals surface area contributed by atoms with E-state index in [9.17, 15) is 4.79 Å². The second-order valence-corrected chi connectivity index (χ2v) is 5.13. The smallest absolute Gasteiger partial charge is 0.223 e. The van der Waals surface area contributed by atoms with Crippen molar-refractivity contribution in [3.8, 4) is 0 Å². The van der Waals surface area contributed by atoms with Crippen molar-refractivity contribution in [1.82, 2.24) is 10.6 Å². The largest absolute Gasteiger partial charge is 0.353 e. The molecule has 0 bridgehead atoms. The van der Waals surface area contributed by atoms with E-state index in [1.807, 2.05) is 0 Å². The number of carbonyl (C=O) groups is 1. The Morgan fingerprint density at radius 2 is 2.31 bits per heavy atom. The van der Waals surface area contributed by atoms with Gasteiger partial charge in [-0.05, 0) is 39.7 Å². The van der Waals surface area contributed by atoms with Gasteiger partial charge in [0, 0.05) is 18.0 Å². The molecule has 0 radical (unpaired) electrons. The highest BCUT2D eigenvalue weighted by molar-refractivity contribution is 5.79. The van der Waals surface area contributed by atoms with Gasteiger partial charge in [0.2, 0.25) is 5.91 Å². The summed E-state index contributed by atoms with van der Waals surface area (Å²) in [5, 5.41) is 6.51. The standard InChI is InChI=1S/C13H26N2O/c1-4-5-6-10(2)15-13(16)12-7-8-14-11(3)9-12/h10-12,14H,4-9H2,1-3H3,(H,15,16). The van der Waals surface area contributed by atoms with Crippen LogP contribution in [0.1, 0.15) is 52.9 Å². The zero-order valence-electron chi connectivity index (χ0n) is 10.9. The molecule has 3 nitrogen and oxygen atoms in total. The van der Waals surface area contributed by atoms with Crippen LogP contribution in [0.4, 0.5) is 0 Å². The van der Waals surface area contributed by atoms with Gasteiger partial charge in [0.05, 0.1) is 0 Å². The van der Waals surface area contributed by atoms with Gasteiger partial charge >= 0.3 is 0 Å². The lowest BCUT2D eigenvalue weighted by Gasteiger charge is -2.28. The third kappa shape index (κ3) is 4.52. The summed E-state index contributed by atoms with van der Waals surface area (Å²) < 4.78 is 0. The van der Waals surface area contributed by atoms with E-state index in [1.165, 1.54) is 12.8 Å². The molecule has 1 aliphatic rings. The Hall–Kier alpha value is -0.570. The maximum Gasteiger partial charge on any atom is 0.223 e. The first-order valence-electron chi connectivity index (χ1n) is 6.67. The molecule has 3 atom stereocenters. The number of hydrogen-bond acceptors (Lipinski definition) is 2. The third-order valence-corrected chi connectivity index (χ3v) is 3.37. The van der Waals surface area contributed by atoms with Crippen molar-refractivity contribution in [2.45, 2.75) is 65.0 Å². The molecular formula is C13H26N2O. The van der Waals surface area contributed by atoms with Crippen molar-refractivity contribution in [1.29, 1.82) is 0 Å².